The molecule has 3 N–H and O–H groups in total. The zero-order valence-electron chi connectivity index (χ0n) is 14.9. The number of aryl methyl sites for hydroxylation is 1. The molecule has 0 aliphatic carbocycles. The number of H-pyrrole nitrogens is 1. The molecule has 7 heteroatoms. The average molecular weight is 364 g/mol. The second-order valence-corrected chi connectivity index (χ2v) is 6.80. The van der Waals surface area contributed by atoms with Crippen LogP contribution in [0.1, 0.15) is 22.4 Å². The molecule has 0 spiro atoms. The van der Waals surface area contributed by atoms with Crippen LogP contribution in [0.2, 0.25) is 0 Å². The van der Waals surface area contributed by atoms with Gasteiger partial charge in [0.15, 0.2) is 0 Å². The summed E-state index contributed by atoms with van der Waals surface area (Å²) in [6, 6.07) is 6.61. The number of phenols is 2. The molecule has 0 atom stereocenters. The fourth-order valence-corrected chi connectivity index (χ4v) is 3.48. The molecule has 1 aliphatic heterocycles. The number of hydrogen-bond acceptors (Lipinski definition) is 6. The van der Waals surface area contributed by atoms with Crippen molar-refractivity contribution in [3.63, 3.8) is 0 Å². The summed E-state index contributed by atoms with van der Waals surface area (Å²) in [6.07, 6.45) is 3.93. The number of rotatable bonds is 3. The number of aromatic amines is 1. The minimum Gasteiger partial charge on any atom is -0.508 e. The molecular formula is C20H20N4O3. The molecule has 0 fully saturated rings. The first-order valence-electron chi connectivity index (χ1n) is 8.77. The van der Waals surface area contributed by atoms with Crippen LogP contribution in [0.3, 0.4) is 0 Å². The first-order chi connectivity index (χ1) is 13.0. The van der Waals surface area contributed by atoms with Gasteiger partial charge in [-0.1, -0.05) is 0 Å². The van der Waals surface area contributed by atoms with Crippen LogP contribution in [0.15, 0.2) is 41.5 Å². The van der Waals surface area contributed by atoms with Crippen LogP contribution in [-0.2, 0) is 19.5 Å². The van der Waals surface area contributed by atoms with Gasteiger partial charge in [0.1, 0.15) is 17.3 Å². The first kappa shape index (κ1) is 17.2. The molecule has 0 amide bonds. The highest BCUT2D eigenvalue weighted by molar-refractivity contribution is 5.54. The zero-order valence-corrected chi connectivity index (χ0v) is 14.9. The highest BCUT2D eigenvalue weighted by atomic mass is 16.3. The van der Waals surface area contributed by atoms with Gasteiger partial charge in [-0.15, -0.1) is 0 Å². The molecule has 2 aromatic heterocycles. The number of aromatic hydroxyl groups is 2. The van der Waals surface area contributed by atoms with Crippen LogP contribution in [-0.4, -0.2) is 36.6 Å². The van der Waals surface area contributed by atoms with E-state index in [1.165, 1.54) is 6.07 Å². The summed E-state index contributed by atoms with van der Waals surface area (Å²) in [7, 11) is 0. The second-order valence-electron chi connectivity index (χ2n) is 6.80. The molecule has 27 heavy (non-hydrogen) atoms. The van der Waals surface area contributed by atoms with Crippen molar-refractivity contribution in [3.8, 4) is 22.9 Å². The van der Waals surface area contributed by atoms with Gasteiger partial charge in [0, 0.05) is 54.8 Å². The van der Waals surface area contributed by atoms with E-state index in [0.29, 0.717) is 31.9 Å². The predicted octanol–water partition coefficient (Wildman–Crippen LogP) is 2.11. The van der Waals surface area contributed by atoms with E-state index < -0.39 is 0 Å². The SMILES string of the molecule is Cc1cc(O)cc(O)c1CN1CCc2c(nc(-c3ccncc3)[nH]c2=O)C1. The molecule has 1 aromatic carbocycles. The highest BCUT2D eigenvalue weighted by Crippen LogP contribution is 2.29. The van der Waals surface area contributed by atoms with Crippen LogP contribution >= 0.6 is 0 Å². The molecule has 0 radical (unpaired) electrons. The van der Waals surface area contributed by atoms with E-state index in [-0.39, 0.29) is 17.1 Å². The van der Waals surface area contributed by atoms with Gasteiger partial charge < -0.3 is 15.2 Å². The van der Waals surface area contributed by atoms with Crippen LogP contribution in [0, 0.1) is 6.92 Å². The van der Waals surface area contributed by atoms with Gasteiger partial charge in [-0.05, 0) is 37.1 Å². The summed E-state index contributed by atoms with van der Waals surface area (Å²) >= 11 is 0. The van der Waals surface area contributed by atoms with Crippen molar-refractivity contribution in [2.45, 2.75) is 26.4 Å². The molecule has 1 aliphatic rings. The monoisotopic (exact) mass is 364 g/mol. The largest absolute Gasteiger partial charge is 0.508 e. The number of aromatic nitrogens is 3. The topological polar surface area (TPSA) is 102 Å². The fraction of sp³-hybridized carbons (Fsp3) is 0.250. The number of nitrogens with zero attached hydrogens (tertiary/aromatic N) is 3. The number of fused-ring (bicyclic) bond motifs is 1. The van der Waals surface area contributed by atoms with E-state index in [0.717, 1.165) is 27.9 Å². The smallest absolute Gasteiger partial charge is 0.254 e. The predicted molar refractivity (Wildman–Crippen MR) is 100 cm³/mol. The van der Waals surface area contributed by atoms with Gasteiger partial charge in [-0.2, -0.15) is 0 Å². The average Bonchev–Trinajstić information content (AvgIpc) is 2.65. The third-order valence-corrected chi connectivity index (χ3v) is 4.92. The van der Waals surface area contributed by atoms with Gasteiger partial charge in [-0.3, -0.25) is 14.7 Å². The van der Waals surface area contributed by atoms with E-state index in [1.54, 1.807) is 18.5 Å². The van der Waals surface area contributed by atoms with Gasteiger partial charge in [0.25, 0.3) is 5.56 Å². The number of pyridine rings is 1. The summed E-state index contributed by atoms with van der Waals surface area (Å²) in [5.41, 5.74) is 3.79. The standard InChI is InChI=1S/C20H20N4O3/c1-12-8-14(25)9-18(26)16(12)10-24-7-4-15-17(11-24)22-19(23-20(15)27)13-2-5-21-6-3-13/h2-3,5-6,8-9,25-26H,4,7,10-11H2,1H3,(H,22,23,27). The summed E-state index contributed by atoms with van der Waals surface area (Å²) in [6.45, 7) is 3.61. The lowest BCUT2D eigenvalue weighted by Gasteiger charge is -2.28. The van der Waals surface area contributed by atoms with Crippen molar-refractivity contribution < 1.29 is 10.2 Å². The minimum atomic E-state index is -0.102. The Morgan fingerprint density at radius 2 is 2.00 bits per heavy atom. The molecule has 0 saturated carbocycles. The molecule has 0 unspecified atom stereocenters. The van der Waals surface area contributed by atoms with Gasteiger partial charge in [0.05, 0.1) is 5.69 Å². The van der Waals surface area contributed by atoms with Crippen LogP contribution in [0.5, 0.6) is 11.5 Å². The maximum Gasteiger partial charge on any atom is 0.254 e. The van der Waals surface area contributed by atoms with Crippen molar-refractivity contribution in [1.29, 1.82) is 0 Å². The number of nitrogens with one attached hydrogen (secondary N) is 1. The zero-order chi connectivity index (χ0) is 19.0. The first-order valence-corrected chi connectivity index (χ1v) is 8.77. The van der Waals surface area contributed by atoms with Gasteiger partial charge in [0.2, 0.25) is 0 Å². The lowest BCUT2D eigenvalue weighted by atomic mass is 10.0. The van der Waals surface area contributed by atoms with Crippen molar-refractivity contribution in [3.05, 3.63) is 69.4 Å². The summed E-state index contributed by atoms with van der Waals surface area (Å²) in [5, 5.41) is 19.8. The molecule has 3 aromatic rings. The Morgan fingerprint density at radius 3 is 2.74 bits per heavy atom. The fourth-order valence-electron chi connectivity index (χ4n) is 3.48. The lowest BCUT2D eigenvalue weighted by Crippen LogP contribution is -2.35. The van der Waals surface area contributed by atoms with Gasteiger partial charge >= 0.3 is 0 Å². The number of benzene rings is 1. The van der Waals surface area contributed by atoms with Gasteiger partial charge in [-0.25, -0.2) is 4.98 Å². The molecule has 0 saturated heterocycles. The quantitative estimate of drug-likeness (QED) is 0.658. The molecule has 4 rings (SSSR count). The maximum absolute atomic E-state index is 12.5. The van der Waals surface area contributed by atoms with Crippen molar-refractivity contribution >= 4 is 0 Å². The lowest BCUT2D eigenvalue weighted by molar-refractivity contribution is 0.237. The summed E-state index contributed by atoms with van der Waals surface area (Å²) < 4.78 is 0. The van der Waals surface area contributed by atoms with E-state index >= 15 is 0 Å². The normalized spacial score (nSPS) is 14.1. The molecule has 3 heterocycles. The van der Waals surface area contributed by atoms with Crippen LogP contribution in [0.4, 0.5) is 0 Å². The Labute approximate surface area is 156 Å². The van der Waals surface area contributed by atoms with Crippen molar-refractivity contribution in [1.82, 2.24) is 19.9 Å². The van der Waals surface area contributed by atoms with Crippen LogP contribution < -0.4 is 5.56 Å². The van der Waals surface area contributed by atoms with Crippen molar-refractivity contribution in [2.75, 3.05) is 6.54 Å². The Hall–Kier alpha value is -3.19. The van der Waals surface area contributed by atoms with Crippen LogP contribution in [0.25, 0.3) is 11.4 Å². The third-order valence-electron chi connectivity index (χ3n) is 4.92. The Bertz CT molecular complexity index is 1020. The maximum atomic E-state index is 12.5. The minimum absolute atomic E-state index is 0.0490. The van der Waals surface area contributed by atoms with E-state index in [2.05, 4.69) is 19.9 Å². The van der Waals surface area contributed by atoms with E-state index in [4.69, 9.17) is 0 Å². The highest BCUT2D eigenvalue weighted by Gasteiger charge is 2.23. The third kappa shape index (κ3) is 3.41. The molecule has 138 valence electrons. The molecule has 0 bridgehead atoms. The van der Waals surface area contributed by atoms with E-state index in [9.17, 15) is 15.0 Å². The second kappa shape index (κ2) is 6.85. The number of hydrogen-bond donors (Lipinski definition) is 3. The molecule has 7 nitrogen and oxygen atoms in total. The Kier molecular flexibility index (Phi) is 4.37. The molecular weight excluding hydrogens is 344 g/mol. The summed E-state index contributed by atoms with van der Waals surface area (Å²) in [5.74, 6) is 0.661. The summed E-state index contributed by atoms with van der Waals surface area (Å²) in [4.78, 5) is 26.1. The van der Waals surface area contributed by atoms with Crippen molar-refractivity contribution in [2.24, 2.45) is 0 Å². The number of phenolic OH excluding ortho intramolecular Hbond substituents is 2. The Morgan fingerprint density at radius 1 is 1.22 bits per heavy atom. The Balaban J connectivity index is 1.63. The van der Waals surface area contributed by atoms with E-state index in [1.807, 2.05) is 19.1 Å².